The minimum absolute atomic E-state index is 0.459. The summed E-state index contributed by atoms with van der Waals surface area (Å²) in [5.41, 5.74) is 2.05. The molecule has 1 aromatic carbocycles. The van der Waals surface area contributed by atoms with Crippen LogP contribution in [0.1, 0.15) is 43.9 Å². The average Bonchev–Trinajstić information content (AvgIpc) is 2.50. The molecular formula is C18H28N2O2. The van der Waals surface area contributed by atoms with Gasteiger partial charge in [0.2, 0.25) is 0 Å². The van der Waals surface area contributed by atoms with Crippen LogP contribution < -0.4 is 0 Å². The first kappa shape index (κ1) is 17.0. The molecule has 0 aromatic heterocycles. The van der Waals surface area contributed by atoms with E-state index in [1.165, 1.54) is 0 Å². The van der Waals surface area contributed by atoms with E-state index in [-0.39, 0.29) is 0 Å². The molecule has 0 aliphatic carbocycles. The van der Waals surface area contributed by atoms with E-state index in [1.54, 1.807) is 0 Å². The molecule has 1 heterocycles. The number of aliphatic carboxylic acids is 1. The van der Waals surface area contributed by atoms with Crippen LogP contribution in [0, 0.1) is 6.92 Å². The summed E-state index contributed by atoms with van der Waals surface area (Å²) in [6.07, 6.45) is 2.22. The third kappa shape index (κ3) is 3.87. The monoisotopic (exact) mass is 304 g/mol. The lowest BCUT2D eigenvalue weighted by molar-refractivity contribution is -0.145. The third-order valence-electron chi connectivity index (χ3n) is 4.61. The largest absolute Gasteiger partial charge is 0.480 e. The minimum Gasteiger partial charge on any atom is -0.480 e. The van der Waals surface area contributed by atoms with Gasteiger partial charge in [0.1, 0.15) is 6.04 Å². The van der Waals surface area contributed by atoms with E-state index in [0.29, 0.717) is 6.04 Å². The van der Waals surface area contributed by atoms with Crippen molar-refractivity contribution < 1.29 is 9.90 Å². The second kappa shape index (κ2) is 7.75. The van der Waals surface area contributed by atoms with Crippen molar-refractivity contribution in [2.75, 3.05) is 26.2 Å². The van der Waals surface area contributed by atoms with Crippen molar-refractivity contribution in [3.05, 3.63) is 35.4 Å². The summed E-state index contributed by atoms with van der Waals surface area (Å²) < 4.78 is 0. The highest BCUT2D eigenvalue weighted by Crippen LogP contribution is 2.25. The minimum atomic E-state index is -0.748. The quantitative estimate of drug-likeness (QED) is 0.877. The number of benzene rings is 1. The standard InChI is InChI=1S/C18H28N2O2/c1-4-10-19-11-12-20(13-16(19)5-2)17(18(21)22)15-8-6-14(3)7-9-15/h6-9,16-17H,4-5,10-13H2,1-3H3,(H,21,22). The van der Waals surface area contributed by atoms with Gasteiger partial charge in [-0.1, -0.05) is 43.7 Å². The number of rotatable bonds is 6. The van der Waals surface area contributed by atoms with E-state index >= 15 is 0 Å². The van der Waals surface area contributed by atoms with Crippen molar-refractivity contribution in [1.29, 1.82) is 0 Å². The Balaban J connectivity index is 2.16. The normalized spacial score (nSPS) is 21.7. The van der Waals surface area contributed by atoms with Crippen LogP contribution >= 0.6 is 0 Å². The maximum atomic E-state index is 11.8. The van der Waals surface area contributed by atoms with Crippen molar-refractivity contribution in [3.8, 4) is 0 Å². The van der Waals surface area contributed by atoms with E-state index in [0.717, 1.165) is 50.1 Å². The van der Waals surface area contributed by atoms with Crippen LogP contribution in [0.3, 0.4) is 0 Å². The van der Waals surface area contributed by atoms with Crippen molar-refractivity contribution >= 4 is 5.97 Å². The molecule has 1 aliphatic heterocycles. The predicted octanol–water partition coefficient (Wildman–Crippen LogP) is 2.93. The van der Waals surface area contributed by atoms with Crippen LogP contribution in [-0.4, -0.2) is 53.1 Å². The highest BCUT2D eigenvalue weighted by atomic mass is 16.4. The molecule has 2 unspecified atom stereocenters. The Kier molecular flexibility index (Phi) is 5.98. The number of nitrogens with zero attached hydrogens (tertiary/aromatic N) is 2. The molecule has 4 nitrogen and oxygen atoms in total. The van der Waals surface area contributed by atoms with Gasteiger partial charge >= 0.3 is 5.97 Å². The van der Waals surface area contributed by atoms with E-state index in [4.69, 9.17) is 0 Å². The molecule has 0 radical (unpaired) electrons. The Hall–Kier alpha value is -1.39. The van der Waals surface area contributed by atoms with Gasteiger partial charge in [0.05, 0.1) is 0 Å². The van der Waals surface area contributed by atoms with Gasteiger partial charge in [-0.3, -0.25) is 14.6 Å². The number of aryl methyl sites for hydroxylation is 1. The van der Waals surface area contributed by atoms with E-state index in [9.17, 15) is 9.90 Å². The van der Waals surface area contributed by atoms with Crippen LogP contribution in [0.25, 0.3) is 0 Å². The number of carboxylic acid groups (broad SMARTS) is 1. The molecule has 122 valence electrons. The molecular weight excluding hydrogens is 276 g/mol. The number of carboxylic acids is 1. The van der Waals surface area contributed by atoms with Crippen LogP contribution in [0.15, 0.2) is 24.3 Å². The molecule has 2 atom stereocenters. The van der Waals surface area contributed by atoms with Gasteiger partial charge in [0, 0.05) is 25.7 Å². The van der Waals surface area contributed by atoms with Gasteiger partial charge in [-0.25, -0.2) is 0 Å². The number of hydrogen-bond acceptors (Lipinski definition) is 3. The van der Waals surface area contributed by atoms with E-state index in [2.05, 4.69) is 23.6 Å². The lowest BCUT2D eigenvalue weighted by atomic mass is 10.0. The topological polar surface area (TPSA) is 43.8 Å². The number of carbonyl (C=O) groups is 1. The van der Waals surface area contributed by atoms with Crippen molar-refractivity contribution in [2.45, 2.75) is 45.7 Å². The first-order chi connectivity index (χ1) is 10.6. The van der Waals surface area contributed by atoms with Crippen molar-refractivity contribution in [1.82, 2.24) is 9.80 Å². The summed E-state index contributed by atoms with van der Waals surface area (Å²) >= 11 is 0. The molecule has 22 heavy (non-hydrogen) atoms. The smallest absolute Gasteiger partial charge is 0.325 e. The predicted molar refractivity (Wildman–Crippen MR) is 89.1 cm³/mol. The van der Waals surface area contributed by atoms with Gasteiger partial charge < -0.3 is 5.11 Å². The Bertz CT molecular complexity index is 486. The molecule has 1 saturated heterocycles. The number of hydrogen-bond donors (Lipinski definition) is 1. The Morgan fingerprint density at radius 2 is 1.95 bits per heavy atom. The van der Waals surface area contributed by atoms with Gasteiger partial charge in [-0.15, -0.1) is 0 Å². The van der Waals surface area contributed by atoms with Gasteiger partial charge in [-0.2, -0.15) is 0 Å². The fraction of sp³-hybridized carbons (Fsp3) is 0.611. The molecule has 1 fully saturated rings. The average molecular weight is 304 g/mol. The molecule has 1 aromatic rings. The zero-order valence-corrected chi connectivity index (χ0v) is 14.0. The summed E-state index contributed by atoms with van der Waals surface area (Å²) in [5.74, 6) is -0.748. The van der Waals surface area contributed by atoms with Crippen LogP contribution in [0.4, 0.5) is 0 Å². The van der Waals surface area contributed by atoms with Gasteiger partial charge in [-0.05, 0) is 31.9 Å². The van der Waals surface area contributed by atoms with Crippen LogP contribution in [0.2, 0.25) is 0 Å². The molecule has 0 saturated carbocycles. The summed E-state index contributed by atoms with van der Waals surface area (Å²) in [6.45, 7) is 10.1. The summed E-state index contributed by atoms with van der Waals surface area (Å²) in [4.78, 5) is 16.5. The molecule has 1 N–H and O–H groups in total. The molecule has 0 bridgehead atoms. The SMILES string of the molecule is CCCN1CCN(C(C(=O)O)c2ccc(C)cc2)CC1CC. The first-order valence-corrected chi connectivity index (χ1v) is 8.34. The molecule has 0 spiro atoms. The van der Waals surface area contributed by atoms with Crippen LogP contribution in [-0.2, 0) is 4.79 Å². The molecule has 1 aliphatic rings. The first-order valence-electron chi connectivity index (χ1n) is 8.34. The Morgan fingerprint density at radius 3 is 2.50 bits per heavy atom. The van der Waals surface area contributed by atoms with E-state index in [1.807, 2.05) is 31.2 Å². The maximum Gasteiger partial charge on any atom is 0.325 e. The Morgan fingerprint density at radius 1 is 1.27 bits per heavy atom. The molecule has 4 heteroatoms. The van der Waals surface area contributed by atoms with Crippen LogP contribution in [0.5, 0.6) is 0 Å². The summed E-state index contributed by atoms with van der Waals surface area (Å²) in [7, 11) is 0. The fourth-order valence-corrected chi connectivity index (χ4v) is 3.38. The number of piperazine rings is 1. The second-order valence-electron chi connectivity index (χ2n) is 6.24. The zero-order chi connectivity index (χ0) is 16.1. The lowest BCUT2D eigenvalue weighted by Crippen LogP contribution is -2.54. The highest BCUT2D eigenvalue weighted by Gasteiger charge is 2.33. The van der Waals surface area contributed by atoms with Crippen molar-refractivity contribution in [2.24, 2.45) is 0 Å². The van der Waals surface area contributed by atoms with Gasteiger partial charge in [0.25, 0.3) is 0 Å². The highest BCUT2D eigenvalue weighted by molar-refractivity contribution is 5.75. The second-order valence-corrected chi connectivity index (χ2v) is 6.24. The Labute approximate surface area is 133 Å². The summed E-state index contributed by atoms with van der Waals surface area (Å²) in [6, 6.07) is 7.83. The maximum absolute atomic E-state index is 11.8. The third-order valence-corrected chi connectivity index (χ3v) is 4.61. The lowest BCUT2D eigenvalue weighted by Gasteiger charge is -2.43. The molecule has 0 amide bonds. The zero-order valence-electron chi connectivity index (χ0n) is 14.0. The van der Waals surface area contributed by atoms with Gasteiger partial charge in [0.15, 0.2) is 0 Å². The summed E-state index contributed by atoms with van der Waals surface area (Å²) in [5, 5.41) is 9.72. The molecule has 2 rings (SSSR count). The van der Waals surface area contributed by atoms with Crippen molar-refractivity contribution in [3.63, 3.8) is 0 Å². The van der Waals surface area contributed by atoms with E-state index < -0.39 is 12.0 Å². The fourth-order valence-electron chi connectivity index (χ4n) is 3.38.